The molecule has 23 heavy (non-hydrogen) atoms. The number of hydrogen-bond acceptors (Lipinski definition) is 3. The van der Waals surface area contributed by atoms with Crippen LogP contribution in [-0.2, 0) is 9.59 Å². The minimum Gasteiger partial charge on any atom is -0.484 e. The Morgan fingerprint density at radius 3 is 2.22 bits per heavy atom. The molecule has 0 saturated carbocycles. The van der Waals surface area contributed by atoms with Crippen LogP contribution in [0.5, 0.6) is 5.75 Å². The molecule has 0 atom stereocenters. The lowest BCUT2D eigenvalue weighted by molar-refractivity contribution is -0.142. The van der Waals surface area contributed by atoms with E-state index in [-0.39, 0.29) is 24.3 Å². The first kappa shape index (κ1) is 17.3. The van der Waals surface area contributed by atoms with Gasteiger partial charge in [-0.05, 0) is 37.1 Å². The van der Waals surface area contributed by atoms with E-state index in [1.807, 2.05) is 50.8 Å². The van der Waals surface area contributed by atoms with Crippen LogP contribution in [0.25, 0.3) is 0 Å². The smallest absolute Gasteiger partial charge is 0.260 e. The zero-order valence-corrected chi connectivity index (χ0v) is 14.5. The molecule has 2 rings (SSSR count). The van der Waals surface area contributed by atoms with Crippen molar-refractivity contribution in [2.45, 2.75) is 27.7 Å². The molecule has 0 aliphatic carbocycles. The molecule has 0 radical (unpaired) electrons. The van der Waals surface area contributed by atoms with Gasteiger partial charge in [0.15, 0.2) is 6.61 Å². The van der Waals surface area contributed by atoms with Crippen molar-refractivity contribution in [2.24, 2.45) is 5.92 Å². The van der Waals surface area contributed by atoms with E-state index in [1.165, 1.54) is 5.56 Å². The zero-order valence-electron chi connectivity index (χ0n) is 14.5. The second-order valence-corrected chi connectivity index (χ2v) is 6.40. The van der Waals surface area contributed by atoms with Gasteiger partial charge in [-0.3, -0.25) is 9.59 Å². The van der Waals surface area contributed by atoms with Gasteiger partial charge in [-0.1, -0.05) is 19.9 Å². The lowest BCUT2D eigenvalue weighted by atomic mass is 10.1. The zero-order chi connectivity index (χ0) is 17.0. The Balaban J connectivity index is 1.81. The largest absolute Gasteiger partial charge is 0.484 e. The van der Waals surface area contributed by atoms with Crippen LogP contribution in [0.4, 0.5) is 0 Å². The Labute approximate surface area is 138 Å². The van der Waals surface area contributed by atoms with Gasteiger partial charge in [-0.25, -0.2) is 0 Å². The lowest BCUT2D eigenvalue weighted by Crippen LogP contribution is -2.52. The van der Waals surface area contributed by atoms with E-state index in [0.29, 0.717) is 26.2 Å². The second kappa shape index (κ2) is 7.49. The number of carbonyl (C=O) groups is 2. The van der Waals surface area contributed by atoms with Crippen molar-refractivity contribution >= 4 is 11.8 Å². The number of piperazine rings is 1. The normalized spacial score (nSPS) is 15.0. The first-order chi connectivity index (χ1) is 10.9. The summed E-state index contributed by atoms with van der Waals surface area (Å²) >= 11 is 0. The number of carbonyl (C=O) groups excluding carboxylic acids is 2. The molecule has 0 bridgehead atoms. The van der Waals surface area contributed by atoms with Crippen molar-refractivity contribution in [3.63, 3.8) is 0 Å². The number of hydrogen-bond donors (Lipinski definition) is 0. The van der Waals surface area contributed by atoms with Crippen LogP contribution < -0.4 is 4.74 Å². The molecule has 2 amide bonds. The molecular formula is C18H26N2O3. The molecular weight excluding hydrogens is 292 g/mol. The minimum atomic E-state index is -0.0279. The number of nitrogens with zero attached hydrogens (tertiary/aromatic N) is 2. The molecule has 1 aromatic rings. The maximum Gasteiger partial charge on any atom is 0.260 e. The summed E-state index contributed by atoms with van der Waals surface area (Å²) < 4.78 is 5.60. The van der Waals surface area contributed by atoms with Crippen molar-refractivity contribution in [1.29, 1.82) is 0 Å². The molecule has 0 N–H and O–H groups in total. The van der Waals surface area contributed by atoms with E-state index in [9.17, 15) is 9.59 Å². The molecule has 0 spiro atoms. The number of aryl methyl sites for hydroxylation is 2. The lowest BCUT2D eigenvalue weighted by Gasteiger charge is -2.35. The highest BCUT2D eigenvalue weighted by molar-refractivity contribution is 5.80. The average Bonchev–Trinajstić information content (AvgIpc) is 2.55. The van der Waals surface area contributed by atoms with Crippen LogP contribution in [-0.4, -0.2) is 54.4 Å². The Morgan fingerprint density at radius 1 is 1.04 bits per heavy atom. The molecule has 1 aliphatic heterocycles. The quantitative estimate of drug-likeness (QED) is 0.853. The van der Waals surface area contributed by atoms with Gasteiger partial charge >= 0.3 is 0 Å². The van der Waals surface area contributed by atoms with E-state index in [0.717, 1.165) is 11.3 Å². The maximum atomic E-state index is 12.2. The summed E-state index contributed by atoms with van der Waals surface area (Å²) in [4.78, 5) is 27.8. The summed E-state index contributed by atoms with van der Waals surface area (Å²) in [5, 5.41) is 0. The van der Waals surface area contributed by atoms with Gasteiger partial charge in [0.2, 0.25) is 5.91 Å². The summed E-state index contributed by atoms with van der Waals surface area (Å²) in [5.41, 5.74) is 2.35. The van der Waals surface area contributed by atoms with Crippen molar-refractivity contribution in [3.05, 3.63) is 29.3 Å². The van der Waals surface area contributed by atoms with Crippen molar-refractivity contribution in [1.82, 2.24) is 9.80 Å². The predicted molar refractivity (Wildman–Crippen MR) is 89.4 cm³/mol. The number of benzene rings is 1. The summed E-state index contributed by atoms with van der Waals surface area (Å²) in [6.07, 6.45) is 0. The van der Waals surface area contributed by atoms with Gasteiger partial charge in [-0.15, -0.1) is 0 Å². The molecule has 1 fully saturated rings. The molecule has 1 saturated heterocycles. The third kappa shape index (κ3) is 4.47. The Bertz CT molecular complexity index is 576. The number of amides is 2. The van der Waals surface area contributed by atoms with Gasteiger partial charge in [0.25, 0.3) is 5.91 Å². The Hall–Kier alpha value is -2.04. The summed E-state index contributed by atoms with van der Waals surface area (Å²) in [7, 11) is 0. The molecule has 5 nitrogen and oxygen atoms in total. The van der Waals surface area contributed by atoms with Gasteiger partial charge in [-0.2, -0.15) is 0 Å². The van der Waals surface area contributed by atoms with Crippen LogP contribution in [0.15, 0.2) is 18.2 Å². The van der Waals surface area contributed by atoms with Gasteiger partial charge < -0.3 is 14.5 Å². The third-order valence-corrected chi connectivity index (χ3v) is 4.28. The number of rotatable bonds is 4. The van der Waals surface area contributed by atoms with E-state index < -0.39 is 0 Å². The van der Waals surface area contributed by atoms with Crippen molar-refractivity contribution < 1.29 is 14.3 Å². The van der Waals surface area contributed by atoms with Crippen molar-refractivity contribution in [3.8, 4) is 5.75 Å². The standard InChI is InChI=1S/C18H26N2O3/c1-13(2)18(22)20-9-7-19(8-10-20)17(21)12-23-16-6-5-14(3)15(4)11-16/h5-6,11,13H,7-10,12H2,1-4H3. The molecule has 1 heterocycles. The third-order valence-electron chi connectivity index (χ3n) is 4.28. The van der Waals surface area contributed by atoms with Crippen LogP contribution in [0, 0.1) is 19.8 Å². The fraction of sp³-hybridized carbons (Fsp3) is 0.556. The van der Waals surface area contributed by atoms with Crippen LogP contribution in [0.3, 0.4) is 0 Å². The SMILES string of the molecule is Cc1ccc(OCC(=O)N2CCN(C(=O)C(C)C)CC2)cc1C. The molecule has 0 aromatic heterocycles. The molecule has 1 aliphatic rings. The molecule has 1 aromatic carbocycles. The van der Waals surface area contributed by atoms with E-state index in [1.54, 1.807) is 4.90 Å². The summed E-state index contributed by atoms with van der Waals surface area (Å²) in [6.45, 7) is 10.3. The predicted octanol–water partition coefficient (Wildman–Crippen LogP) is 2.01. The monoisotopic (exact) mass is 318 g/mol. The maximum absolute atomic E-state index is 12.2. The fourth-order valence-corrected chi connectivity index (χ4v) is 2.58. The molecule has 5 heteroatoms. The second-order valence-electron chi connectivity index (χ2n) is 6.40. The average molecular weight is 318 g/mol. The van der Waals surface area contributed by atoms with Crippen molar-refractivity contribution in [2.75, 3.05) is 32.8 Å². The fourth-order valence-electron chi connectivity index (χ4n) is 2.58. The van der Waals surface area contributed by atoms with E-state index in [2.05, 4.69) is 0 Å². The van der Waals surface area contributed by atoms with Gasteiger partial charge in [0, 0.05) is 32.1 Å². The Kier molecular flexibility index (Phi) is 5.64. The summed E-state index contributed by atoms with van der Waals surface area (Å²) in [5.74, 6) is 0.851. The van der Waals surface area contributed by atoms with E-state index in [4.69, 9.17) is 4.74 Å². The first-order valence-electron chi connectivity index (χ1n) is 8.15. The van der Waals surface area contributed by atoms with E-state index >= 15 is 0 Å². The summed E-state index contributed by atoms with van der Waals surface area (Å²) in [6, 6.07) is 5.82. The number of ether oxygens (including phenoxy) is 1. The first-order valence-corrected chi connectivity index (χ1v) is 8.15. The Morgan fingerprint density at radius 2 is 1.65 bits per heavy atom. The van der Waals surface area contributed by atoms with Gasteiger partial charge in [0.1, 0.15) is 5.75 Å². The molecule has 126 valence electrons. The highest BCUT2D eigenvalue weighted by Gasteiger charge is 2.25. The topological polar surface area (TPSA) is 49.9 Å². The van der Waals surface area contributed by atoms with Crippen LogP contribution in [0.1, 0.15) is 25.0 Å². The molecule has 0 unspecified atom stereocenters. The minimum absolute atomic E-state index is 0.00496. The van der Waals surface area contributed by atoms with Gasteiger partial charge in [0.05, 0.1) is 0 Å². The van der Waals surface area contributed by atoms with Crippen LogP contribution in [0.2, 0.25) is 0 Å². The highest BCUT2D eigenvalue weighted by Crippen LogP contribution is 2.16. The highest BCUT2D eigenvalue weighted by atomic mass is 16.5. The van der Waals surface area contributed by atoms with Crippen LogP contribution >= 0.6 is 0 Å².